The minimum Gasteiger partial charge on any atom is -0.366 e. The predicted octanol–water partition coefficient (Wildman–Crippen LogP) is 3.10. The molecule has 2 aromatic heterocycles. The Balaban J connectivity index is 2.01. The normalized spacial score (nSPS) is 11.2. The van der Waals surface area contributed by atoms with Crippen LogP contribution in [0.15, 0.2) is 52.4 Å². The van der Waals surface area contributed by atoms with E-state index >= 15 is 0 Å². The second kappa shape index (κ2) is 5.81. The number of nitrogens with zero attached hydrogens (tertiary/aromatic N) is 3. The number of amides is 1. The van der Waals surface area contributed by atoms with Crippen molar-refractivity contribution in [1.29, 1.82) is 0 Å². The number of carbonyl (C=O) groups is 1. The van der Waals surface area contributed by atoms with Crippen molar-refractivity contribution < 1.29 is 4.79 Å². The van der Waals surface area contributed by atoms with Crippen LogP contribution in [0.3, 0.4) is 0 Å². The van der Waals surface area contributed by atoms with E-state index < -0.39 is 5.91 Å². The number of benzene rings is 1. The largest absolute Gasteiger partial charge is 0.366 e. The molecule has 112 valence electrons. The second-order valence-electron chi connectivity index (χ2n) is 5.27. The van der Waals surface area contributed by atoms with Gasteiger partial charge in [-0.25, -0.2) is 0 Å². The van der Waals surface area contributed by atoms with E-state index in [4.69, 9.17) is 5.73 Å². The lowest BCUT2D eigenvalue weighted by molar-refractivity contribution is 0.0997. The van der Waals surface area contributed by atoms with Crippen molar-refractivity contribution in [3.63, 3.8) is 0 Å². The van der Waals surface area contributed by atoms with Crippen LogP contribution in [0.25, 0.3) is 5.65 Å². The maximum Gasteiger partial charge on any atom is 0.249 e. The Bertz CT molecular complexity index is 841. The van der Waals surface area contributed by atoms with Gasteiger partial charge in [0.15, 0.2) is 5.65 Å². The Morgan fingerprint density at radius 3 is 2.68 bits per heavy atom. The summed E-state index contributed by atoms with van der Waals surface area (Å²) in [7, 11) is 0. The Morgan fingerprint density at radius 2 is 1.95 bits per heavy atom. The minimum atomic E-state index is -0.420. The standard InChI is InChI=1S/C16H16N4OS/c1-10(2)16-19-18-14-8-7-11(9-20(14)16)22-13-6-4-3-5-12(13)15(17)21/h3-10H,1-2H3,(H2,17,21). The third-order valence-electron chi connectivity index (χ3n) is 3.30. The first kappa shape index (κ1) is 14.6. The average Bonchev–Trinajstić information content (AvgIpc) is 2.91. The quantitative estimate of drug-likeness (QED) is 0.803. The summed E-state index contributed by atoms with van der Waals surface area (Å²) in [5.41, 5.74) is 6.77. The number of carbonyl (C=O) groups excluding carboxylic acids is 1. The third-order valence-corrected chi connectivity index (χ3v) is 4.35. The highest BCUT2D eigenvalue weighted by Crippen LogP contribution is 2.30. The molecule has 2 N–H and O–H groups in total. The van der Waals surface area contributed by atoms with Gasteiger partial charge in [0.05, 0.1) is 5.56 Å². The lowest BCUT2D eigenvalue weighted by Crippen LogP contribution is -2.11. The van der Waals surface area contributed by atoms with Crippen LogP contribution in [0.4, 0.5) is 0 Å². The summed E-state index contributed by atoms with van der Waals surface area (Å²) in [5, 5.41) is 8.38. The summed E-state index contributed by atoms with van der Waals surface area (Å²) in [6, 6.07) is 11.2. The maximum absolute atomic E-state index is 11.5. The first-order chi connectivity index (χ1) is 10.6. The number of rotatable bonds is 4. The molecule has 0 saturated heterocycles. The zero-order valence-electron chi connectivity index (χ0n) is 12.4. The Morgan fingerprint density at radius 1 is 1.18 bits per heavy atom. The van der Waals surface area contributed by atoms with Crippen molar-refractivity contribution in [3.8, 4) is 0 Å². The molecule has 5 nitrogen and oxygen atoms in total. The first-order valence-electron chi connectivity index (χ1n) is 6.97. The second-order valence-corrected chi connectivity index (χ2v) is 6.38. The molecule has 0 fully saturated rings. The average molecular weight is 312 g/mol. The van der Waals surface area contributed by atoms with Crippen molar-refractivity contribution in [1.82, 2.24) is 14.6 Å². The fourth-order valence-corrected chi connectivity index (χ4v) is 3.20. The molecular formula is C16H16N4OS. The highest BCUT2D eigenvalue weighted by molar-refractivity contribution is 7.99. The van der Waals surface area contributed by atoms with Crippen LogP contribution in [0, 0.1) is 0 Å². The topological polar surface area (TPSA) is 73.3 Å². The van der Waals surface area contributed by atoms with E-state index in [-0.39, 0.29) is 5.92 Å². The lowest BCUT2D eigenvalue weighted by Gasteiger charge is -2.08. The monoisotopic (exact) mass is 312 g/mol. The van der Waals surface area contributed by atoms with Gasteiger partial charge in [-0.2, -0.15) is 0 Å². The molecule has 1 aromatic carbocycles. The molecule has 3 aromatic rings. The summed E-state index contributed by atoms with van der Waals surface area (Å²) >= 11 is 1.50. The molecule has 0 aliphatic carbocycles. The third kappa shape index (κ3) is 2.69. The van der Waals surface area contributed by atoms with Crippen LogP contribution in [0.1, 0.15) is 35.9 Å². The predicted molar refractivity (Wildman–Crippen MR) is 86.2 cm³/mol. The van der Waals surface area contributed by atoms with Crippen LogP contribution in [-0.4, -0.2) is 20.5 Å². The van der Waals surface area contributed by atoms with Crippen LogP contribution < -0.4 is 5.73 Å². The fraction of sp³-hybridized carbons (Fsp3) is 0.188. The summed E-state index contributed by atoms with van der Waals surface area (Å²) in [6.07, 6.45) is 1.99. The smallest absolute Gasteiger partial charge is 0.249 e. The van der Waals surface area contributed by atoms with E-state index in [0.29, 0.717) is 5.56 Å². The SMILES string of the molecule is CC(C)c1nnc2ccc(Sc3ccccc3C(N)=O)cn12. The highest BCUT2D eigenvalue weighted by atomic mass is 32.2. The number of nitrogens with two attached hydrogens (primary N) is 1. The van der Waals surface area contributed by atoms with Crippen LogP contribution in [0.2, 0.25) is 0 Å². The summed E-state index contributed by atoms with van der Waals surface area (Å²) < 4.78 is 1.99. The zero-order chi connectivity index (χ0) is 15.7. The Hall–Kier alpha value is -2.34. The molecule has 0 bridgehead atoms. The van der Waals surface area contributed by atoms with Gasteiger partial charge in [-0.15, -0.1) is 10.2 Å². The maximum atomic E-state index is 11.5. The molecule has 0 unspecified atom stereocenters. The van der Waals surface area contributed by atoms with Gasteiger partial charge in [0.25, 0.3) is 0 Å². The van der Waals surface area contributed by atoms with Gasteiger partial charge < -0.3 is 5.73 Å². The van der Waals surface area contributed by atoms with Crippen LogP contribution >= 0.6 is 11.8 Å². The molecule has 2 heterocycles. The summed E-state index contributed by atoms with van der Waals surface area (Å²) in [5.74, 6) is 0.783. The van der Waals surface area contributed by atoms with Gasteiger partial charge in [-0.1, -0.05) is 37.7 Å². The summed E-state index contributed by atoms with van der Waals surface area (Å²) in [6.45, 7) is 4.16. The number of fused-ring (bicyclic) bond motifs is 1. The number of aromatic nitrogens is 3. The fourth-order valence-electron chi connectivity index (χ4n) is 2.23. The summed E-state index contributed by atoms with van der Waals surface area (Å²) in [4.78, 5) is 13.4. The van der Waals surface area contributed by atoms with Gasteiger partial charge in [-0.3, -0.25) is 9.20 Å². The van der Waals surface area contributed by atoms with Crippen LogP contribution in [-0.2, 0) is 0 Å². The number of hydrogen-bond donors (Lipinski definition) is 1. The van der Waals surface area contributed by atoms with E-state index in [0.717, 1.165) is 21.3 Å². The molecule has 3 rings (SSSR count). The molecule has 0 aliphatic rings. The van der Waals surface area contributed by atoms with Gasteiger partial charge in [0.1, 0.15) is 5.82 Å². The molecule has 0 radical (unpaired) electrons. The number of primary amides is 1. The highest BCUT2D eigenvalue weighted by Gasteiger charge is 2.12. The number of pyridine rings is 1. The molecular weight excluding hydrogens is 296 g/mol. The van der Waals surface area contributed by atoms with Crippen molar-refractivity contribution in [2.75, 3.05) is 0 Å². The van der Waals surface area contributed by atoms with E-state index in [9.17, 15) is 4.79 Å². The van der Waals surface area contributed by atoms with Gasteiger partial charge in [0, 0.05) is 21.9 Å². The molecule has 0 aliphatic heterocycles. The van der Waals surface area contributed by atoms with Crippen molar-refractivity contribution >= 4 is 23.3 Å². The molecule has 6 heteroatoms. The van der Waals surface area contributed by atoms with E-state index in [1.54, 1.807) is 6.07 Å². The van der Waals surface area contributed by atoms with Crippen LogP contribution in [0.5, 0.6) is 0 Å². The van der Waals surface area contributed by atoms with E-state index in [2.05, 4.69) is 24.0 Å². The number of hydrogen-bond acceptors (Lipinski definition) is 4. The van der Waals surface area contributed by atoms with Crippen molar-refractivity contribution in [3.05, 3.63) is 54.0 Å². The van der Waals surface area contributed by atoms with Gasteiger partial charge in [0.2, 0.25) is 5.91 Å². The minimum absolute atomic E-state index is 0.285. The van der Waals surface area contributed by atoms with E-state index in [1.165, 1.54) is 11.8 Å². The Kier molecular flexibility index (Phi) is 3.85. The van der Waals surface area contributed by atoms with Crippen molar-refractivity contribution in [2.45, 2.75) is 29.6 Å². The molecule has 0 atom stereocenters. The lowest BCUT2D eigenvalue weighted by atomic mass is 10.2. The molecule has 0 spiro atoms. The molecule has 22 heavy (non-hydrogen) atoms. The molecule has 1 amide bonds. The Labute approximate surface area is 132 Å². The van der Waals surface area contributed by atoms with E-state index in [1.807, 2.05) is 40.9 Å². The van der Waals surface area contributed by atoms with Gasteiger partial charge in [-0.05, 0) is 24.3 Å². The van der Waals surface area contributed by atoms with Crippen molar-refractivity contribution in [2.24, 2.45) is 5.73 Å². The molecule has 0 saturated carbocycles. The zero-order valence-corrected chi connectivity index (χ0v) is 13.2. The van der Waals surface area contributed by atoms with Gasteiger partial charge >= 0.3 is 0 Å². The first-order valence-corrected chi connectivity index (χ1v) is 7.79.